The van der Waals surface area contributed by atoms with E-state index in [4.69, 9.17) is 44.9 Å². The first-order valence-corrected chi connectivity index (χ1v) is 11.4. The van der Waals surface area contributed by atoms with Gasteiger partial charge in [-0.15, -0.1) is 0 Å². The molecule has 11 heteroatoms. The first-order valence-electron chi connectivity index (χ1n) is 10.3. The number of rotatable bonds is 5. The van der Waals surface area contributed by atoms with E-state index >= 15 is 0 Å². The molecule has 1 N–H and O–H groups in total. The molecule has 0 radical (unpaired) electrons. The van der Waals surface area contributed by atoms with E-state index in [9.17, 15) is 14.4 Å². The van der Waals surface area contributed by atoms with Gasteiger partial charge in [-0.2, -0.15) is 0 Å². The molecule has 34 heavy (non-hydrogen) atoms. The number of hydrogen-bond donors (Lipinski definition) is 1. The fourth-order valence-electron chi connectivity index (χ4n) is 3.39. The Morgan fingerprint density at radius 2 is 1.79 bits per heavy atom. The lowest BCUT2D eigenvalue weighted by atomic mass is 10.1. The van der Waals surface area contributed by atoms with Crippen LogP contribution >= 0.6 is 35.4 Å². The first-order chi connectivity index (χ1) is 16.3. The number of thiocarbonyl (C=S) groups is 1. The molecule has 3 amide bonds. The fourth-order valence-corrected chi connectivity index (χ4v) is 3.97. The summed E-state index contributed by atoms with van der Waals surface area (Å²) in [4.78, 5) is 40.7. The van der Waals surface area contributed by atoms with Crippen molar-refractivity contribution in [2.45, 2.75) is 0 Å². The molecule has 0 atom stereocenters. The number of nitrogens with one attached hydrogen (secondary N) is 1. The molecule has 2 aromatic rings. The Bertz CT molecular complexity index is 1180. The van der Waals surface area contributed by atoms with Gasteiger partial charge < -0.3 is 14.4 Å². The Labute approximate surface area is 211 Å². The quantitative estimate of drug-likeness (QED) is 0.371. The van der Waals surface area contributed by atoms with Crippen molar-refractivity contribution in [3.8, 4) is 5.75 Å². The second kappa shape index (κ2) is 10.5. The van der Waals surface area contributed by atoms with Crippen molar-refractivity contribution in [1.29, 1.82) is 0 Å². The maximum atomic E-state index is 13.1. The minimum atomic E-state index is -0.609. The molecule has 2 heterocycles. The standard InChI is InChI=1S/C23H19Cl2N3O5S/c24-18-6-3-15(12-19(18)25)28-22(31)17(21(30)26-23(28)34)11-14-1-4-16(5-2-14)33-13-20(29)27-7-9-32-10-8-27/h1-6,11-12H,7-10,13H2,(H,26,30,34)/b17-11+. The van der Waals surface area contributed by atoms with Crippen LogP contribution in [0.5, 0.6) is 5.75 Å². The predicted octanol–water partition coefficient (Wildman–Crippen LogP) is 3.06. The van der Waals surface area contributed by atoms with Crippen molar-refractivity contribution in [3.63, 3.8) is 0 Å². The van der Waals surface area contributed by atoms with Crippen LogP contribution in [0.25, 0.3) is 6.08 Å². The van der Waals surface area contributed by atoms with Gasteiger partial charge in [0.1, 0.15) is 11.3 Å². The number of hydrogen-bond acceptors (Lipinski definition) is 6. The molecular weight excluding hydrogens is 501 g/mol. The molecule has 2 aromatic carbocycles. The SMILES string of the molecule is O=C1NC(=S)N(c2ccc(Cl)c(Cl)c2)C(=O)/C1=C/c1ccc(OCC(=O)N2CCOCC2)cc1. The summed E-state index contributed by atoms with van der Waals surface area (Å²) < 4.78 is 10.8. The van der Waals surface area contributed by atoms with Crippen LogP contribution in [-0.2, 0) is 19.1 Å². The van der Waals surface area contributed by atoms with E-state index in [1.807, 2.05) is 0 Å². The van der Waals surface area contributed by atoms with Gasteiger partial charge in [-0.3, -0.25) is 24.6 Å². The molecule has 2 aliphatic rings. The molecule has 0 bridgehead atoms. The number of halogens is 2. The highest BCUT2D eigenvalue weighted by Crippen LogP contribution is 2.29. The van der Waals surface area contributed by atoms with E-state index in [0.717, 1.165) is 0 Å². The number of ether oxygens (including phenoxy) is 2. The lowest BCUT2D eigenvalue weighted by Crippen LogP contribution is -2.54. The van der Waals surface area contributed by atoms with Crippen LogP contribution < -0.4 is 15.0 Å². The molecular formula is C23H19Cl2N3O5S. The van der Waals surface area contributed by atoms with Crippen LogP contribution in [0.3, 0.4) is 0 Å². The summed E-state index contributed by atoms with van der Waals surface area (Å²) in [5.41, 5.74) is 0.868. The molecule has 2 fully saturated rings. The molecule has 2 saturated heterocycles. The number of amides is 3. The Hall–Kier alpha value is -2.98. The highest BCUT2D eigenvalue weighted by Gasteiger charge is 2.34. The lowest BCUT2D eigenvalue weighted by molar-refractivity contribution is -0.137. The lowest BCUT2D eigenvalue weighted by Gasteiger charge is -2.29. The van der Waals surface area contributed by atoms with Gasteiger partial charge in [0, 0.05) is 13.1 Å². The monoisotopic (exact) mass is 519 g/mol. The summed E-state index contributed by atoms with van der Waals surface area (Å²) in [6, 6.07) is 11.3. The fraction of sp³-hybridized carbons (Fsp3) is 0.217. The maximum absolute atomic E-state index is 13.1. The zero-order chi connectivity index (χ0) is 24.2. The third-order valence-corrected chi connectivity index (χ3v) is 6.20. The second-order valence-corrected chi connectivity index (χ2v) is 8.61. The number of morpholine rings is 1. The van der Waals surface area contributed by atoms with Crippen LogP contribution in [-0.4, -0.2) is 60.6 Å². The highest BCUT2D eigenvalue weighted by atomic mass is 35.5. The van der Waals surface area contributed by atoms with Gasteiger partial charge in [-0.25, -0.2) is 0 Å². The highest BCUT2D eigenvalue weighted by molar-refractivity contribution is 7.80. The number of carbonyl (C=O) groups excluding carboxylic acids is 3. The number of anilines is 1. The zero-order valence-corrected chi connectivity index (χ0v) is 20.1. The number of carbonyl (C=O) groups is 3. The zero-order valence-electron chi connectivity index (χ0n) is 17.8. The average molecular weight is 520 g/mol. The van der Waals surface area contributed by atoms with Crippen molar-refractivity contribution in [2.24, 2.45) is 0 Å². The number of nitrogens with zero attached hydrogens (tertiary/aromatic N) is 2. The molecule has 0 aliphatic carbocycles. The van der Waals surface area contributed by atoms with Crippen molar-refractivity contribution in [3.05, 3.63) is 63.6 Å². The molecule has 0 saturated carbocycles. The third kappa shape index (κ3) is 5.39. The van der Waals surface area contributed by atoms with Crippen LogP contribution in [0.4, 0.5) is 5.69 Å². The third-order valence-electron chi connectivity index (χ3n) is 5.18. The van der Waals surface area contributed by atoms with E-state index in [1.165, 1.54) is 23.1 Å². The Morgan fingerprint density at radius 3 is 2.47 bits per heavy atom. The summed E-state index contributed by atoms with van der Waals surface area (Å²) in [5.74, 6) is -0.828. The molecule has 2 aliphatic heterocycles. The van der Waals surface area contributed by atoms with Gasteiger partial charge in [-0.05, 0) is 54.2 Å². The van der Waals surface area contributed by atoms with Gasteiger partial charge in [0.2, 0.25) is 0 Å². The molecule has 8 nitrogen and oxygen atoms in total. The van der Waals surface area contributed by atoms with Crippen LogP contribution in [0.1, 0.15) is 5.56 Å². The van der Waals surface area contributed by atoms with Gasteiger partial charge in [-0.1, -0.05) is 35.3 Å². The summed E-state index contributed by atoms with van der Waals surface area (Å²) in [5, 5.41) is 3.04. The molecule has 0 aromatic heterocycles. The van der Waals surface area contributed by atoms with E-state index < -0.39 is 11.8 Å². The summed E-state index contributed by atoms with van der Waals surface area (Å²) in [6.07, 6.45) is 1.45. The molecule has 0 unspecified atom stereocenters. The van der Waals surface area contributed by atoms with E-state index in [-0.39, 0.29) is 28.2 Å². The molecule has 176 valence electrons. The smallest absolute Gasteiger partial charge is 0.270 e. The van der Waals surface area contributed by atoms with E-state index in [1.54, 1.807) is 35.2 Å². The predicted molar refractivity (Wildman–Crippen MR) is 132 cm³/mol. The Morgan fingerprint density at radius 1 is 1.09 bits per heavy atom. The van der Waals surface area contributed by atoms with Crippen molar-refractivity contribution >= 4 is 70.0 Å². The van der Waals surface area contributed by atoms with Crippen LogP contribution in [0.2, 0.25) is 10.0 Å². The largest absolute Gasteiger partial charge is 0.484 e. The normalized spacial score (nSPS) is 17.7. The van der Waals surface area contributed by atoms with Gasteiger partial charge in [0.25, 0.3) is 17.7 Å². The van der Waals surface area contributed by atoms with Crippen molar-refractivity contribution < 1.29 is 23.9 Å². The van der Waals surface area contributed by atoms with E-state index in [2.05, 4.69) is 5.32 Å². The van der Waals surface area contributed by atoms with Gasteiger partial charge in [0.05, 0.1) is 28.9 Å². The van der Waals surface area contributed by atoms with Crippen molar-refractivity contribution in [2.75, 3.05) is 37.8 Å². The van der Waals surface area contributed by atoms with Crippen LogP contribution in [0.15, 0.2) is 48.0 Å². The van der Waals surface area contributed by atoms with Gasteiger partial charge >= 0.3 is 0 Å². The Balaban J connectivity index is 1.47. The van der Waals surface area contributed by atoms with Crippen molar-refractivity contribution in [1.82, 2.24) is 10.2 Å². The summed E-state index contributed by atoms with van der Waals surface area (Å²) >= 11 is 17.2. The molecule has 0 spiro atoms. The second-order valence-electron chi connectivity index (χ2n) is 7.41. The van der Waals surface area contributed by atoms with E-state index in [0.29, 0.717) is 48.3 Å². The van der Waals surface area contributed by atoms with Gasteiger partial charge in [0.15, 0.2) is 11.7 Å². The summed E-state index contributed by atoms with van der Waals surface area (Å²) in [7, 11) is 0. The minimum Gasteiger partial charge on any atom is -0.484 e. The Kier molecular flexibility index (Phi) is 7.47. The summed E-state index contributed by atoms with van der Waals surface area (Å²) in [6.45, 7) is 2.06. The number of benzene rings is 2. The maximum Gasteiger partial charge on any atom is 0.270 e. The topological polar surface area (TPSA) is 88.2 Å². The minimum absolute atomic E-state index is 0.0563. The first kappa shape index (κ1) is 24.2. The van der Waals surface area contributed by atoms with Crippen LogP contribution in [0, 0.1) is 0 Å². The average Bonchev–Trinajstić information content (AvgIpc) is 2.83. The molecule has 4 rings (SSSR count).